The Bertz CT molecular complexity index is 576. The second kappa shape index (κ2) is 5.10. The minimum Gasteiger partial charge on any atom is -0.497 e. The molecule has 18 heavy (non-hydrogen) atoms. The largest absolute Gasteiger partial charge is 0.497 e. The standard InChI is InChI=1S/C14H11ClO3/c1-18-11-6-7-12(13(15)8-11)9-2-4-10(5-3-9)14(16)17/h2-8H,1H3,(H,16,17). The fourth-order valence-electron chi connectivity index (χ4n) is 1.65. The van der Waals surface area contributed by atoms with Crippen molar-refractivity contribution in [2.75, 3.05) is 7.11 Å². The van der Waals surface area contributed by atoms with Crippen molar-refractivity contribution in [3.05, 3.63) is 53.1 Å². The Kier molecular flexibility index (Phi) is 3.53. The smallest absolute Gasteiger partial charge is 0.335 e. The minimum absolute atomic E-state index is 0.253. The molecule has 2 aromatic rings. The fraction of sp³-hybridized carbons (Fsp3) is 0.0714. The van der Waals surface area contributed by atoms with Crippen molar-refractivity contribution in [3.63, 3.8) is 0 Å². The van der Waals surface area contributed by atoms with Crippen LogP contribution in [0.3, 0.4) is 0 Å². The van der Waals surface area contributed by atoms with E-state index in [1.165, 1.54) is 0 Å². The van der Waals surface area contributed by atoms with Crippen LogP contribution in [0.1, 0.15) is 10.4 Å². The molecule has 4 heteroatoms. The zero-order valence-corrected chi connectivity index (χ0v) is 10.4. The van der Waals surface area contributed by atoms with E-state index in [0.29, 0.717) is 10.8 Å². The van der Waals surface area contributed by atoms with Gasteiger partial charge in [0.15, 0.2) is 0 Å². The number of aromatic carboxylic acids is 1. The van der Waals surface area contributed by atoms with Gasteiger partial charge in [0.25, 0.3) is 0 Å². The van der Waals surface area contributed by atoms with Crippen molar-refractivity contribution < 1.29 is 14.6 Å². The van der Waals surface area contributed by atoms with Crippen molar-refractivity contribution in [1.82, 2.24) is 0 Å². The molecule has 0 saturated heterocycles. The van der Waals surface area contributed by atoms with Gasteiger partial charge in [-0.1, -0.05) is 23.7 Å². The van der Waals surface area contributed by atoms with Crippen molar-refractivity contribution in [1.29, 1.82) is 0 Å². The van der Waals surface area contributed by atoms with Gasteiger partial charge in [0.1, 0.15) is 5.75 Å². The number of benzene rings is 2. The normalized spacial score (nSPS) is 10.1. The van der Waals surface area contributed by atoms with Gasteiger partial charge in [0.2, 0.25) is 0 Å². The first-order valence-corrected chi connectivity index (χ1v) is 5.67. The van der Waals surface area contributed by atoms with Crippen LogP contribution in [0.25, 0.3) is 11.1 Å². The monoisotopic (exact) mass is 262 g/mol. The lowest BCUT2D eigenvalue weighted by Gasteiger charge is -2.07. The molecule has 0 amide bonds. The Morgan fingerprint density at radius 2 is 1.83 bits per heavy atom. The summed E-state index contributed by atoms with van der Waals surface area (Å²) in [5, 5.41) is 9.39. The number of ether oxygens (including phenoxy) is 1. The van der Waals surface area contributed by atoms with Crippen LogP contribution >= 0.6 is 11.6 Å². The molecule has 0 saturated carbocycles. The van der Waals surface area contributed by atoms with Crippen molar-refractivity contribution in [2.24, 2.45) is 0 Å². The fourth-order valence-corrected chi connectivity index (χ4v) is 1.93. The summed E-state index contributed by atoms with van der Waals surface area (Å²) in [6.07, 6.45) is 0. The van der Waals surface area contributed by atoms with Crippen molar-refractivity contribution in [2.45, 2.75) is 0 Å². The quantitative estimate of drug-likeness (QED) is 0.917. The molecular formula is C14H11ClO3. The lowest BCUT2D eigenvalue weighted by Crippen LogP contribution is -1.95. The van der Waals surface area contributed by atoms with Crippen molar-refractivity contribution >= 4 is 17.6 Å². The molecular weight excluding hydrogens is 252 g/mol. The topological polar surface area (TPSA) is 46.5 Å². The van der Waals surface area contributed by atoms with E-state index in [2.05, 4.69) is 0 Å². The summed E-state index contributed by atoms with van der Waals surface area (Å²) < 4.78 is 5.07. The molecule has 0 atom stereocenters. The molecule has 3 nitrogen and oxygen atoms in total. The van der Waals surface area contributed by atoms with Crippen molar-refractivity contribution in [3.8, 4) is 16.9 Å². The van der Waals surface area contributed by atoms with Gasteiger partial charge < -0.3 is 9.84 Å². The van der Waals surface area contributed by atoms with Gasteiger partial charge in [0, 0.05) is 5.56 Å². The highest BCUT2D eigenvalue weighted by molar-refractivity contribution is 6.33. The van der Waals surface area contributed by atoms with Crippen LogP contribution in [0.2, 0.25) is 5.02 Å². The Hall–Kier alpha value is -2.00. The molecule has 0 spiro atoms. The molecule has 1 N–H and O–H groups in total. The maximum Gasteiger partial charge on any atom is 0.335 e. The Morgan fingerprint density at radius 1 is 1.17 bits per heavy atom. The van der Waals surface area contributed by atoms with E-state index in [0.717, 1.165) is 11.1 Å². The first-order chi connectivity index (χ1) is 8.61. The number of hydrogen-bond acceptors (Lipinski definition) is 2. The summed E-state index contributed by atoms with van der Waals surface area (Å²) in [6.45, 7) is 0. The summed E-state index contributed by atoms with van der Waals surface area (Å²) in [7, 11) is 1.58. The highest BCUT2D eigenvalue weighted by Gasteiger charge is 2.07. The van der Waals surface area contributed by atoms with Crippen LogP contribution in [0.15, 0.2) is 42.5 Å². The van der Waals surface area contributed by atoms with Gasteiger partial charge in [-0.2, -0.15) is 0 Å². The molecule has 0 bridgehead atoms. The van der Waals surface area contributed by atoms with E-state index in [1.807, 2.05) is 12.1 Å². The van der Waals surface area contributed by atoms with Gasteiger partial charge in [-0.3, -0.25) is 0 Å². The van der Waals surface area contributed by atoms with Crippen LogP contribution in [0.5, 0.6) is 5.75 Å². The average molecular weight is 263 g/mol. The molecule has 0 unspecified atom stereocenters. The number of rotatable bonds is 3. The predicted octanol–water partition coefficient (Wildman–Crippen LogP) is 3.71. The number of carboxylic acids is 1. The summed E-state index contributed by atoms with van der Waals surface area (Å²) >= 11 is 6.15. The maximum atomic E-state index is 10.8. The van der Waals surface area contributed by atoms with E-state index in [1.54, 1.807) is 37.4 Å². The van der Waals surface area contributed by atoms with Crippen LogP contribution in [-0.4, -0.2) is 18.2 Å². The molecule has 0 radical (unpaired) electrons. The number of methoxy groups -OCH3 is 1. The minimum atomic E-state index is -0.942. The number of hydrogen-bond donors (Lipinski definition) is 1. The lowest BCUT2D eigenvalue weighted by atomic mass is 10.0. The van der Waals surface area contributed by atoms with Crippen LogP contribution < -0.4 is 4.74 Å². The molecule has 92 valence electrons. The van der Waals surface area contributed by atoms with E-state index in [4.69, 9.17) is 21.4 Å². The summed E-state index contributed by atoms with van der Waals surface area (Å²) in [5.41, 5.74) is 1.96. The Morgan fingerprint density at radius 3 is 2.33 bits per heavy atom. The summed E-state index contributed by atoms with van der Waals surface area (Å²) in [5.74, 6) is -0.256. The van der Waals surface area contributed by atoms with Crippen LogP contribution in [0.4, 0.5) is 0 Å². The second-order valence-corrected chi connectivity index (χ2v) is 4.14. The van der Waals surface area contributed by atoms with E-state index < -0.39 is 5.97 Å². The average Bonchev–Trinajstić information content (AvgIpc) is 2.38. The summed E-state index contributed by atoms with van der Waals surface area (Å²) in [4.78, 5) is 10.8. The molecule has 0 aliphatic rings. The first kappa shape index (κ1) is 12.5. The Labute approximate surface area is 110 Å². The predicted molar refractivity (Wildman–Crippen MR) is 70.4 cm³/mol. The third-order valence-corrected chi connectivity index (χ3v) is 2.93. The third-order valence-electron chi connectivity index (χ3n) is 2.62. The third kappa shape index (κ3) is 2.46. The maximum absolute atomic E-state index is 10.8. The molecule has 2 aromatic carbocycles. The summed E-state index contributed by atoms with van der Waals surface area (Å²) in [6, 6.07) is 12.0. The number of carbonyl (C=O) groups is 1. The zero-order valence-electron chi connectivity index (χ0n) is 9.68. The number of halogens is 1. The van der Waals surface area contributed by atoms with Gasteiger partial charge in [0.05, 0.1) is 17.7 Å². The van der Waals surface area contributed by atoms with E-state index in [-0.39, 0.29) is 5.56 Å². The molecule has 0 fully saturated rings. The Balaban J connectivity index is 2.39. The zero-order chi connectivity index (χ0) is 13.1. The van der Waals surface area contributed by atoms with Gasteiger partial charge in [-0.15, -0.1) is 0 Å². The lowest BCUT2D eigenvalue weighted by molar-refractivity contribution is 0.0697. The van der Waals surface area contributed by atoms with Gasteiger partial charge in [-0.05, 0) is 35.9 Å². The highest BCUT2D eigenvalue weighted by atomic mass is 35.5. The van der Waals surface area contributed by atoms with Gasteiger partial charge in [-0.25, -0.2) is 4.79 Å². The SMILES string of the molecule is COc1ccc(-c2ccc(C(=O)O)cc2)c(Cl)c1. The first-order valence-electron chi connectivity index (χ1n) is 5.29. The van der Waals surface area contributed by atoms with Gasteiger partial charge >= 0.3 is 5.97 Å². The molecule has 0 aliphatic heterocycles. The van der Waals surface area contributed by atoms with E-state index in [9.17, 15) is 4.79 Å². The molecule has 0 heterocycles. The van der Waals surface area contributed by atoms with Crippen LogP contribution in [0, 0.1) is 0 Å². The second-order valence-electron chi connectivity index (χ2n) is 3.73. The highest BCUT2D eigenvalue weighted by Crippen LogP contribution is 2.31. The molecule has 0 aromatic heterocycles. The van der Waals surface area contributed by atoms with E-state index >= 15 is 0 Å². The number of carboxylic acid groups (broad SMARTS) is 1. The van der Waals surface area contributed by atoms with Crippen LogP contribution in [-0.2, 0) is 0 Å². The molecule has 0 aliphatic carbocycles. The molecule has 2 rings (SSSR count).